The number of esters is 2. The first kappa shape index (κ1) is 22.4. The molecular formula is C24H23ClO6. The first-order valence-corrected chi connectivity index (χ1v) is 10.2. The second-order valence-electron chi connectivity index (χ2n) is 6.63. The fraction of sp³-hybridized carbons (Fsp3) is 0.250. The van der Waals surface area contributed by atoms with Crippen molar-refractivity contribution in [3.8, 4) is 11.5 Å². The summed E-state index contributed by atoms with van der Waals surface area (Å²) in [5.74, 6) is 0.413. The van der Waals surface area contributed by atoms with Crippen LogP contribution in [0, 0.1) is 0 Å². The Balaban J connectivity index is 1.91. The highest BCUT2D eigenvalue weighted by Gasteiger charge is 2.24. The van der Waals surface area contributed by atoms with E-state index in [0.717, 1.165) is 39.1 Å². The van der Waals surface area contributed by atoms with Gasteiger partial charge in [-0.1, -0.05) is 55.1 Å². The highest BCUT2D eigenvalue weighted by Crippen LogP contribution is 2.44. The zero-order chi connectivity index (χ0) is 22.2. The van der Waals surface area contributed by atoms with E-state index < -0.39 is 11.9 Å². The van der Waals surface area contributed by atoms with Crippen LogP contribution in [0.15, 0.2) is 60.7 Å². The van der Waals surface area contributed by atoms with E-state index in [9.17, 15) is 9.59 Å². The summed E-state index contributed by atoms with van der Waals surface area (Å²) >= 11 is 6.34. The Labute approximate surface area is 185 Å². The van der Waals surface area contributed by atoms with Crippen molar-refractivity contribution in [2.45, 2.75) is 12.8 Å². The van der Waals surface area contributed by atoms with Crippen molar-refractivity contribution in [1.29, 1.82) is 0 Å². The van der Waals surface area contributed by atoms with Crippen molar-refractivity contribution in [2.24, 2.45) is 0 Å². The van der Waals surface area contributed by atoms with Crippen molar-refractivity contribution >= 4 is 34.3 Å². The number of allylic oxidation sites excluding steroid dienone is 2. The summed E-state index contributed by atoms with van der Waals surface area (Å²) in [6, 6.07) is 7.72. The summed E-state index contributed by atoms with van der Waals surface area (Å²) in [7, 11) is 0. The largest absolute Gasteiger partial charge is 0.489 e. The number of carbonyl (C=O) groups is 2. The van der Waals surface area contributed by atoms with Gasteiger partial charge in [0.25, 0.3) is 0 Å². The molecule has 7 heteroatoms. The predicted octanol–water partition coefficient (Wildman–Crippen LogP) is 4.28. The third kappa shape index (κ3) is 5.47. The monoisotopic (exact) mass is 442 g/mol. The topological polar surface area (TPSA) is 71.1 Å². The highest BCUT2D eigenvalue weighted by atomic mass is 35.5. The number of fused-ring (bicyclic) bond motifs is 2. The van der Waals surface area contributed by atoms with E-state index in [1.165, 1.54) is 0 Å². The molecule has 1 aliphatic rings. The molecule has 162 valence electrons. The van der Waals surface area contributed by atoms with E-state index >= 15 is 0 Å². The summed E-state index contributed by atoms with van der Waals surface area (Å²) in [6.07, 6.45) is 5.26. The SMILES string of the molecule is C=CC(=O)OCCOc1c2c(c(OCCOC(=O)C=C)c3ccccc13)CC(Cl)=CC2. The molecule has 0 N–H and O–H groups in total. The number of benzene rings is 2. The van der Waals surface area contributed by atoms with Crippen LogP contribution in [0.25, 0.3) is 10.8 Å². The van der Waals surface area contributed by atoms with Crippen LogP contribution in [0.5, 0.6) is 11.5 Å². The Hall–Kier alpha value is -3.25. The molecule has 1 aliphatic carbocycles. The molecule has 0 atom stereocenters. The van der Waals surface area contributed by atoms with Gasteiger partial charge in [0.15, 0.2) is 0 Å². The fourth-order valence-corrected chi connectivity index (χ4v) is 3.57. The van der Waals surface area contributed by atoms with Crippen LogP contribution in [0.3, 0.4) is 0 Å². The molecule has 0 saturated heterocycles. The van der Waals surface area contributed by atoms with Gasteiger partial charge in [0.2, 0.25) is 0 Å². The second kappa shape index (κ2) is 10.7. The molecule has 0 fully saturated rings. The van der Waals surface area contributed by atoms with Gasteiger partial charge in [-0.05, 0) is 6.42 Å². The molecule has 0 aromatic heterocycles. The number of halogens is 1. The van der Waals surface area contributed by atoms with Crippen LogP contribution in [-0.4, -0.2) is 38.4 Å². The average Bonchev–Trinajstić information content (AvgIpc) is 2.79. The Morgan fingerprint density at radius 2 is 1.39 bits per heavy atom. The van der Waals surface area contributed by atoms with E-state index in [4.69, 9.17) is 30.5 Å². The first-order chi connectivity index (χ1) is 15.0. The van der Waals surface area contributed by atoms with Gasteiger partial charge in [-0.2, -0.15) is 0 Å². The standard InChI is InChI=1S/C24H23ClO6/c1-3-21(26)28-11-13-30-23-17-7-5-6-8-18(17)24(31-14-12-29-22(27)4-2)20-15-16(25)9-10-19(20)23/h3-9H,1-2,10-15H2. The van der Waals surface area contributed by atoms with Gasteiger partial charge >= 0.3 is 11.9 Å². The molecule has 31 heavy (non-hydrogen) atoms. The van der Waals surface area contributed by atoms with E-state index in [2.05, 4.69) is 13.2 Å². The Bertz CT molecular complexity index is 1040. The Kier molecular flexibility index (Phi) is 7.73. The van der Waals surface area contributed by atoms with E-state index in [1.54, 1.807) is 0 Å². The first-order valence-electron chi connectivity index (χ1n) is 9.80. The molecule has 0 amide bonds. The number of carbonyl (C=O) groups excluding carboxylic acids is 2. The van der Waals surface area contributed by atoms with Crippen molar-refractivity contribution in [3.05, 3.63) is 71.8 Å². The lowest BCUT2D eigenvalue weighted by molar-refractivity contribution is -0.139. The van der Waals surface area contributed by atoms with Gasteiger partial charge in [-0.25, -0.2) is 9.59 Å². The van der Waals surface area contributed by atoms with Gasteiger partial charge in [0, 0.05) is 45.5 Å². The van der Waals surface area contributed by atoms with Crippen LogP contribution in [-0.2, 0) is 31.9 Å². The van der Waals surface area contributed by atoms with Gasteiger partial charge in [0.05, 0.1) is 0 Å². The fourth-order valence-electron chi connectivity index (χ4n) is 3.35. The van der Waals surface area contributed by atoms with Crippen molar-refractivity contribution < 1.29 is 28.5 Å². The Morgan fingerprint density at radius 3 is 1.90 bits per heavy atom. The summed E-state index contributed by atoms with van der Waals surface area (Å²) < 4.78 is 22.1. The minimum Gasteiger partial charge on any atom is -0.489 e. The second-order valence-corrected chi connectivity index (χ2v) is 7.12. The van der Waals surface area contributed by atoms with Crippen LogP contribution >= 0.6 is 11.6 Å². The van der Waals surface area contributed by atoms with Crippen LogP contribution in [0.1, 0.15) is 11.1 Å². The van der Waals surface area contributed by atoms with Gasteiger partial charge in [-0.15, -0.1) is 0 Å². The maximum atomic E-state index is 11.3. The van der Waals surface area contributed by atoms with Crippen LogP contribution in [0.2, 0.25) is 0 Å². The molecule has 3 rings (SSSR count). The quantitative estimate of drug-likeness (QED) is 0.311. The van der Waals surface area contributed by atoms with Crippen molar-refractivity contribution in [2.75, 3.05) is 26.4 Å². The lowest BCUT2D eigenvalue weighted by Crippen LogP contribution is -2.15. The van der Waals surface area contributed by atoms with Crippen LogP contribution < -0.4 is 9.47 Å². The minimum absolute atomic E-state index is 0.102. The number of ether oxygens (including phenoxy) is 4. The lowest BCUT2D eigenvalue weighted by Gasteiger charge is -2.24. The zero-order valence-electron chi connectivity index (χ0n) is 17.0. The normalized spacial score (nSPS) is 12.4. The minimum atomic E-state index is -0.498. The predicted molar refractivity (Wildman–Crippen MR) is 119 cm³/mol. The molecular weight excluding hydrogens is 420 g/mol. The van der Waals surface area contributed by atoms with Crippen molar-refractivity contribution in [3.63, 3.8) is 0 Å². The third-order valence-electron chi connectivity index (χ3n) is 4.68. The highest BCUT2D eigenvalue weighted by molar-refractivity contribution is 6.30. The summed E-state index contributed by atoms with van der Waals surface area (Å²) in [5.41, 5.74) is 1.90. The maximum Gasteiger partial charge on any atom is 0.330 e. The van der Waals surface area contributed by atoms with Gasteiger partial charge in [0.1, 0.15) is 37.9 Å². The number of hydrogen-bond donors (Lipinski definition) is 0. The molecule has 0 saturated carbocycles. The molecule has 0 bridgehead atoms. The van der Waals surface area contributed by atoms with Crippen LogP contribution in [0.4, 0.5) is 0 Å². The zero-order valence-corrected chi connectivity index (χ0v) is 17.8. The molecule has 2 aromatic carbocycles. The molecule has 0 radical (unpaired) electrons. The smallest absolute Gasteiger partial charge is 0.330 e. The molecule has 0 heterocycles. The molecule has 0 spiro atoms. The lowest BCUT2D eigenvalue weighted by atomic mass is 9.90. The van der Waals surface area contributed by atoms with E-state index in [1.807, 2.05) is 30.3 Å². The average molecular weight is 443 g/mol. The van der Waals surface area contributed by atoms with E-state index in [-0.39, 0.29) is 26.4 Å². The van der Waals surface area contributed by atoms with E-state index in [0.29, 0.717) is 24.3 Å². The van der Waals surface area contributed by atoms with Gasteiger partial charge < -0.3 is 18.9 Å². The van der Waals surface area contributed by atoms with Crippen molar-refractivity contribution in [1.82, 2.24) is 0 Å². The maximum absolute atomic E-state index is 11.3. The third-order valence-corrected chi connectivity index (χ3v) is 4.97. The Morgan fingerprint density at radius 1 is 0.871 bits per heavy atom. The molecule has 0 aliphatic heterocycles. The number of hydrogen-bond acceptors (Lipinski definition) is 6. The molecule has 6 nitrogen and oxygen atoms in total. The summed E-state index contributed by atoms with van der Waals surface area (Å²) in [4.78, 5) is 22.5. The summed E-state index contributed by atoms with van der Waals surface area (Å²) in [5, 5.41) is 2.46. The molecule has 0 unspecified atom stereocenters. The summed E-state index contributed by atoms with van der Waals surface area (Å²) in [6.45, 7) is 7.35. The van der Waals surface area contributed by atoms with Gasteiger partial charge in [-0.3, -0.25) is 0 Å². The number of rotatable bonds is 10. The molecule has 2 aromatic rings.